The standard InChI is InChI=1S/C16H15ClN2O3/c1-21-14-8-5-12(9-15(14)22-2)16(20)19-18-10-11-3-6-13(17)7-4-11/h3-10H,1-2H3,(H,19,20)/b18-10-. The normalized spacial score (nSPS) is 10.5. The SMILES string of the molecule is COc1ccc(C(=O)N/N=C\c2ccc(Cl)cc2)cc1OC. The Labute approximate surface area is 133 Å². The van der Waals surface area contributed by atoms with Gasteiger partial charge in [0.25, 0.3) is 5.91 Å². The van der Waals surface area contributed by atoms with Crippen LogP contribution < -0.4 is 14.9 Å². The Balaban J connectivity index is 2.04. The molecule has 2 aromatic rings. The summed E-state index contributed by atoms with van der Waals surface area (Å²) >= 11 is 5.79. The summed E-state index contributed by atoms with van der Waals surface area (Å²) in [6, 6.07) is 12.0. The van der Waals surface area contributed by atoms with Crippen molar-refractivity contribution >= 4 is 23.7 Å². The van der Waals surface area contributed by atoms with Gasteiger partial charge in [0.15, 0.2) is 11.5 Å². The van der Waals surface area contributed by atoms with Crippen LogP contribution in [-0.2, 0) is 0 Å². The van der Waals surface area contributed by atoms with Crippen molar-refractivity contribution in [2.45, 2.75) is 0 Å². The maximum Gasteiger partial charge on any atom is 0.271 e. The van der Waals surface area contributed by atoms with Crippen LogP contribution in [0.1, 0.15) is 15.9 Å². The highest BCUT2D eigenvalue weighted by Crippen LogP contribution is 2.27. The van der Waals surface area contributed by atoms with Gasteiger partial charge in [-0.3, -0.25) is 4.79 Å². The molecule has 6 heteroatoms. The Bertz CT molecular complexity index is 684. The van der Waals surface area contributed by atoms with Crippen LogP contribution in [0.3, 0.4) is 0 Å². The molecule has 0 aromatic heterocycles. The minimum absolute atomic E-state index is 0.342. The molecule has 0 unspecified atom stereocenters. The Kier molecular flexibility index (Phi) is 5.38. The highest BCUT2D eigenvalue weighted by atomic mass is 35.5. The van der Waals surface area contributed by atoms with E-state index in [1.165, 1.54) is 20.4 Å². The monoisotopic (exact) mass is 318 g/mol. The van der Waals surface area contributed by atoms with E-state index in [0.717, 1.165) is 5.56 Å². The number of nitrogens with zero attached hydrogens (tertiary/aromatic N) is 1. The smallest absolute Gasteiger partial charge is 0.271 e. The van der Waals surface area contributed by atoms with Crippen molar-refractivity contribution in [1.82, 2.24) is 5.43 Å². The third kappa shape index (κ3) is 3.99. The van der Waals surface area contributed by atoms with Crippen LogP contribution in [-0.4, -0.2) is 26.3 Å². The Hall–Kier alpha value is -2.53. The third-order valence-corrected chi connectivity index (χ3v) is 3.15. The lowest BCUT2D eigenvalue weighted by atomic mass is 10.2. The van der Waals surface area contributed by atoms with Gasteiger partial charge in [0, 0.05) is 10.6 Å². The van der Waals surface area contributed by atoms with Crippen LogP contribution in [0.4, 0.5) is 0 Å². The van der Waals surface area contributed by atoms with E-state index in [4.69, 9.17) is 21.1 Å². The number of hydrazone groups is 1. The van der Waals surface area contributed by atoms with Gasteiger partial charge < -0.3 is 9.47 Å². The Morgan fingerprint density at radius 2 is 1.77 bits per heavy atom. The number of amides is 1. The molecule has 0 aliphatic carbocycles. The summed E-state index contributed by atoms with van der Waals surface area (Å²) < 4.78 is 10.3. The fourth-order valence-electron chi connectivity index (χ4n) is 1.76. The van der Waals surface area contributed by atoms with Gasteiger partial charge in [-0.2, -0.15) is 5.10 Å². The lowest BCUT2D eigenvalue weighted by Crippen LogP contribution is -2.17. The van der Waals surface area contributed by atoms with Crippen molar-refractivity contribution in [3.8, 4) is 11.5 Å². The van der Waals surface area contributed by atoms with Gasteiger partial charge in [0.2, 0.25) is 0 Å². The predicted octanol–water partition coefficient (Wildman–Crippen LogP) is 3.12. The maximum atomic E-state index is 12.0. The topological polar surface area (TPSA) is 59.9 Å². The number of benzene rings is 2. The molecule has 2 rings (SSSR count). The first-order valence-electron chi connectivity index (χ1n) is 6.45. The van der Waals surface area contributed by atoms with Crippen molar-refractivity contribution in [3.63, 3.8) is 0 Å². The fraction of sp³-hybridized carbons (Fsp3) is 0.125. The first kappa shape index (κ1) is 15.9. The predicted molar refractivity (Wildman–Crippen MR) is 86.1 cm³/mol. The van der Waals surface area contributed by atoms with E-state index in [-0.39, 0.29) is 5.91 Å². The van der Waals surface area contributed by atoms with E-state index in [2.05, 4.69) is 10.5 Å². The molecule has 0 spiro atoms. The van der Waals surface area contributed by atoms with Gasteiger partial charge in [-0.25, -0.2) is 5.43 Å². The minimum Gasteiger partial charge on any atom is -0.493 e. The molecule has 0 saturated heterocycles. The number of rotatable bonds is 5. The molecule has 0 heterocycles. The van der Waals surface area contributed by atoms with Gasteiger partial charge in [-0.1, -0.05) is 23.7 Å². The second kappa shape index (κ2) is 7.47. The molecule has 1 amide bonds. The van der Waals surface area contributed by atoms with Crippen molar-refractivity contribution < 1.29 is 14.3 Å². The summed E-state index contributed by atoms with van der Waals surface area (Å²) in [6.45, 7) is 0. The minimum atomic E-state index is -0.342. The second-order valence-corrected chi connectivity index (χ2v) is 4.76. The molecule has 0 atom stereocenters. The number of halogens is 1. The number of hydrogen-bond acceptors (Lipinski definition) is 4. The largest absolute Gasteiger partial charge is 0.493 e. The van der Waals surface area contributed by atoms with Crippen molar-refractivity contribution in [2.75, 3.05) is 14.2 Å². The molecule has 0 fully saturated rings. The van der Waals surface area contributed by atoms with E-state index in [0.29, 0.717) is 22.1 Å². The first-order valence-corrected chi connectivity index (χ1v) is 6.83. The molecular weight excluding hydrogens is 304 g/mol. The zero-order chi connectivity index (χ0) is 15.9. The summed E-state index contributed by atoms with van der Waals surface area (Å²) in [6.07, 6.45) is 1.54. The zero-order valence-corrected chi connectivity index (χ0v) is 12.9. The lowest BCUT2D eigenvalue weighted by molar-refractivity contribution is 0.0954. The molecule has 0 bridgehead atoms. The molecular formula is C16H15ClN2O3. The van der Waals surface area contributed by atoms with Crippen molar-refractivity contribution in [3.05, 3.63) is 58.6 Å². The van der Waals surface area contributed by atoms with Crippen LogP contribution in [0.2, 0.25) is 5.02 Å². The third-order valence-electron chi connectivity index (χ3n) is 2.90. The van der Waals surface area contributed by atoms with Crippen LogP contribution in [0.25, 0.3) is 0 Å². The Morgan fingerprint density at radius 3 is 2.41 bits per heavy atom. The molecule has 0 aliphatic heterocycles. The zero-order valence-electron chi connectivity index (χ0n) is 12.2. The number of carbonyl (C=O) groups excluding carboxylic acids is 1. The summed E-state index contributed by atoms with van der Waals surface area (Å²) in [5.74, 6) is 0.701. The summed E-state index contributed by atoms with van der Waals surface area (Å²) in [4.78, 5) is 12.0. The average molecular weight is 319 g/mol. The summed E-state index contributed by atoms with van der Waals surface area (Å²) in [5, 5.41) is 4.55. The van der Waals surface area contributed by atoms with Crippen LogP contribution >= 0.6 is 11.6 Å². The van der Waals surface area contributed by atoms with E-state index >= 15 is 0 Å². The average Bonchev–Trinajstić information content (AvgIpc) is 2.55. The first-order chi connectivity index (χ1) is 10.6. The summed E-state index contributed by atoms with van der Waals surface area (Å²) in [5.41, 5.74) is 3.70. The molecule has 5 nitrogen and oxygen atoms in total. The fourth-order valence-corrected chi connectivity index (χ4v) is 1.88. The van der Waals surface area contributed by atoms with Crippen molar-refractivity contribution in [1.29, 1.82) is 0 Å². The second-order valence-electron chi connectivity index (χ2n) is 4.32. The van der Waals surface area contributed by atoms with E-state index in [1.807, 2.05) is 0 Å². The molecule has 0 aliphatic rings. The number of carbonyl (C=O) groups is 1. The molecule has 1 N–H and O–H groups in total. The highest BCUT2D eigenvalue weighted by Gasteiger charge is 2.09. The van der Waals surface area contributed by atoms with Gasteiger partial charge in [0.05, 0.1) is 20.4 Å². The maximum absolute atomic E-state index is 12.0. The number of nitrogens with one attached hydrogen (secondary N) is 1. The van der Waals surface area contributed by atoms with Gasteiger partial charge in [-0.05, 0) is 35.9 Å². The summed E-state index contributed by atoms with van der Waals surface area (Å²) in [7, 11) is 3.05. The molecule has 114 valence electrons. The van der Waals surface area contributed by atoms with Gasteiger partial charge in [0.1, 0.15) is 0 Å². The molecule has 22 heavy (non-hydrogen) atoms. The Morgan fingerprint density at radius 1 is 1.09 bits per heavy atom. The number of ether oxygens (including phenoxy) is 2. The number of methoxy groups -OCH3 is 2. The lowest BCUT2D eigenvalue weighted by Gasteiger charge is -2.08. The number of hydrogen-bond donors (Lipinski definition) is 1. The van der Waals surface area contributed by atoms with Crippen LogP contribution in [0.5, 0.6) is 11.5 Å². The van der Waals surface area contributed by atoms with Crippen molar-refractivity contribution in [2.24, 2.45) is 5.10 Å². The molecule has 0 saturated carbocycles. The molecule has 0 radical (unpaired) electrons. The van der Waals surface area contributed by atoms with E-state index in [1.54, 1.807) is 42.5 Å². The highest BCUT2D eigenvalue weighted by molar-refractivity contribution is 6.30. The van der Waals surface area contributed by atoms with Gasteiger partial charge in [-0.15, -0.1) is 0 Å². The molecule has 2 aromatic carbocycles. The van der Waals surface area contributed by atoms with Crippen LogP contribution in [0, 0.1) is 0 Å². The quantitative estimate of drug-likeness (QED) is 0.680. The van der Waals surface area contributed by atoms with E-state index < -0.39 is 0 Å². The van der Waals surface area contributed by atoms with E-state index in [9.17, 15) is 4.79 Å². The van der Waals surface area contributed by atoms with Gasteiger partial charge >= 0.3 is 0 Å². The van der Waals surface area contributed by atoms with Crippen LogP contribution in [0.15, 0.2) is 47.6 Å².